The first-order chi connectivity index (χ1) is 9.70. The lowest BCUT2D eigenvalue weighted by molar-refractivity contribution is -0.384. The van der Waals surface area contributed by atoms with Crippen LogP contribution < -0.4 is 0 Å². The second kappa shape index (κ2) is 4.62. The van der Waals surface area contributed by atoms with Crippen molar-refractivity contribution < 1.29 is 9.72 Å². The number of aldehydes is 1. The van der Waals surface area contributed by atoms with Gasteiger partial charge in [0.1, 0.15) is 0 Å². The van der Waals surface area contributed by atoms with Crippen molar-refractivity contribution in [2.75, 3.05) is 0 Å². The fourth-order valence-electron chi connectivity index (χ4n) is 2.30. The highest BCUT2D eigenvalue weighted by atomic mass is 16.6. The van der Waals surface area contributed by atoms with E-state index >= 15 is 0 Å². The first kappa shape index (κ1) is 12.1. The summed E-state index contributed by atoms with van der Waals surface area (Å²) in [7, 11) is 0. The summed E-state index contributed by atoms with van der Waals surface area (Å²) in [6.07, 6.45) is 0.749. The summed E-state index contributed by atoms with van der Waals surface area (Å²) in [5.74, 6) is 0. The smallest absolute Gasteiger partial charge is 0.271 e. The molecule has 5 nitrogen and oxygen atoms in total. The van der Waals surface area contributed by atoms with Gasteiger partial charge in [-0.2, -0.15) is 0 Å². The first-order valence-corrected chi connectivity index (χ1v) is 6.01. The number of aromatic nitrogens is 1. The molecule has 0 radical (unpaired) electrons. The molecule has 0 aliphatic carbocycles. The quantitative estimate of drug-likeness (QED) is 0.415. The van der Waals surface area contributed by atoms with Crippen LogP contribution in [0.2, 0.25) is 0 Å². The average Bonchev–Trinajstić information content (AvgIpc) is 2.85. The lowest BCUT2D eigenvalue weighted by Gasteiger charge is -2.07. The van der Waals surface area contributed by atoms with Crippen LogP contribution in [0.25, 0.3) is 16.6 Å². The summed E-state index contributed by atoms with van der Waals surface area (Å²) in [6.45, 7) is 0. The Morgan fingerprint density at radius 3 is 2.60 bits per heavy atom. The number of fused-ring (bicyclic) bond motifs is 1. The van der Waals surface area contributed by atoms with Crippen molar-refractivity contribution in [1.29, 1.82) is 0 Å². The van der Waals surface area contributed by atoms with Gasteiger partial charge in [0.25, 0.3) is 5.69 Å². The second-order valence-corrected chi connectivity index (χ2v) is 4.36. The molecular formula is C15H10N2O3. The Labute approximate surface area is 114 Å². The van der Waals surface area contributed by atoms with Gasteiger partial charge in [-0.3, -0.25) is 14.9 Å². The number of rotatable bonds is 3. The molecule has 5 heteroatoms. The van der Waals surface area contributed by atoms with Crippen molar-refractivity contribution in [3.63, 3.8) is 0 Å². The van der Waals surface area contributed by atoms with Gasteiger partial charge in [0.2, 0.25) is 0 Å². The van der Waals surface area contributed by atoms with Crippen molar-refractivity contribution in [2.45, 2.75) is 0 Å². The topological polar surface area (TPSA) is 65.1 Å². The van der Waals surface area contributed by atoms with Crippen molar-refractivity contribution in [3.05, 3.63) is 70.4 Å². The molecule has 0 atom stereocenters. The zero-order valence-electron chi connectivity index (χ0n) is 10.4. The van der Waals surface area contributed by atoms with E-state index in [-0.39, 0.29) is 5.69 Å². The predicted molar refractivity (Wildman–Crippen MR) is 75.3 cm³/mol. The predicted octanol–water partition coefficient (Wildman–Crippen LogP) is 3.35. The van der Waals surface area contributed by atoms with Crippen LogP contribution in [0.5, 0.6) is 0 Å². The third-order valence-corrected chi connectivity index (χ3v) is 3.16. The summed E-state index contributed by atoms with van der Waals surface area (Å²) in [6, 6.07) is 15.5. The molecule has 0 fully saturated rings. The van der Waals surface area contributed by atoms with E-state index in [9.17, 15) is 14.9 Å². The molecule has 0 unspecified atom stereocenters. The van der Waals surface area contributed by atoms with Crippen molar-refractivity contribution in [1.82, 2.24) is 4.57 Å². The molecule has 3 rings (SSSR count). The number of benzene rings is 2. The highest BCUT2D eigenvalue weighted by Crippen LogP contribution is 2.25. The Hall–Kier alpha value is -2.95. The molecule has 0 saturated heterocycles. The molecule has 20 heavy (non-hydrogen) atoms. The van der Waals surface area contributed by atoms with Crippen LogP contribution in [0.3, 0.4) is 0 Å². The van der Waals surface area contributed by atoms with Gasteiger partial charge in [-0.15, -0.1) is 0 Å². The second-order valence-electron chi connectivity index (χ2n) is 4.36. The number of non-ortho nitro benzene ring substituents is 1. The Bertz CT molecular complexity index is 821. The van der Waals surface area contributed by atoms with E-state index in [0.717, 1.165) is 17.2 Å². The van der Waals surface area contributed by atoms with Gasteiger partial charge < -0.3 is 4.57 Å². The van der Waals surface area contributed by atoms with Crippen LogP contribution in [0, 0.1) is 10.1 Å². The summed E-state index contributed by atoms with van der Waals surface area (Å²) >= 11 is 0. The van der Waals surface area contributed by atoms with Crippen LogP contribution in [-0.2, 0) is 0 Å². The van der Waals surface area contributed by atoms with E-state index in [1.165, 1.54) is 12.1 Å². The zero-order valence-corrected chi connectivity index (χ0v) is 10.4. The molecule has 0 spiro atoms. The van der Waals surface area contributed by atoms with E-state index < -0.39 is 4.92 Å². The zero-order chi connectivity index (χ0) is 14.1. The Morgan fingerprint density at radius 1 is 1.05 bits per heavy atom. The number of nitro groups is 1. The largest absolute Gasteiger partial charge is 0.307 e. The van der Waals surface area contributed by atoms with E-state index in [0.29, 0.717) is 11.4 Å². The number of nitro benzene ring substituents is 1. The summed E-state index contributed by atoms with van der Waals surface area (Å²) in [5, 5.41) is 11.8. The lowest BCUT2D eigenvalue weighted by atomic mass is 10.2. The van der Waals surface area contributed by atoms with E-state index in [4.69, 9.17) is 0 Å². The minimum absolute atomic E-state index is 0.00266. The maximum atomic E-state index is 11.2. The minimum atomic E-state index is -0.449. The molecule has 0 bridgehead atoms. The SMILES string of the molecule is O=Cc1cc2ccccc2n1-c1cccc([N+](=O)[O-])c1. The molecule has 0 aliphatic heterocycles. The van der Waals surface area contributed by atoms with E-state index in [2.05, 4.69) is 0 Å². The minimum Gasteiger partial charge on any atom is -0.307 e. The Kier molecular flexibility index (Phi) is 2.80. The molecule has 0 amide bonds. The van der Waals surface area contributed by atoms with Gasteiger partial charge >= 0.3 is 0 Å². The molecular weight excluding hydrogens is 256 g/mol. The molecule has 0 N–H and O–H groups in total. The van der Waals surface area contributed by atoms with Crippen molar-refractivity contribution in [3.8, 4) is 5.69 Å². The van der Waals surface area contributed by atoms with Crippen LogP contribution in [0.4, 0.5) is 5.69 Å². The lowest BCUT2D eigenvalue weighted by Crippen LogP contribution is -1.99. The number of para-hydroxylation sites is 1. The number of nitrogens with zero attached hydrogens (tertiary/aromatic N) is 2. The van der Waals surface area contributed by atoms with Gasteiger partial charge in [0.15, 0.2) is 6.29 Å². The standard InChI is InChI=1S/C15H10N2O3/c18-10-14-8-11-4-1-2-7-15(11)16(14)12-5-3-6-13(9-12)17(19)20/h1-10H. The van der Waals surface area contributed by atoms with Crippen LogP contribution in [0.1, 0.15) is 10.5 Å². The molecule has 1 heterocycles. The number of hydrogen-bond donors (Lipinski definition) is 0. The van der Waals surface area contributed by atoms with Crippen molar-refractivity contribution in [2.24, 2.45) is 0 Å². The first-order valence-electron chi connectivity index (χ1n) is 6.01. The summed E-state index contributed by atoms with van der Waals surface area (Å²) in [5.41, 5.74) is 1.90. The molecule has 3 aromatic rings. The third-order valence-electron chi connectivity index (χ3n) is 3.16. The van der Waals surface area contributed by atoms with Gasteiger partial charge in [0.05, 0.1) is 21.8 Å². The molecule has 0 saturated carbocycles. The third kappa shape index (κ3) is 1.85. The van der Waals surface area contributed by atoms with Crippen LogP contribution in [0.15, 0.2) is 54.6 Å². The van der Waals surface area contributed by atoms with Gasteiger partial charge in [-0.05, 0) is 18.2 Å². The molecule has 98 valence electrons. The highest BCUT2D eigenvalue weighted by Gasteiger charge is 2.12. The summed E-state index contributed by atoms with van der Waals surface area (Å²) in [4.78, 5) is 21.7. The maximum absolute atomic E-state index is 11.2. The average molecular weight is 266 g/mol. The fourth-order valence-corrected chi connectivity index (χ4v) is 2.30. The van der Waals surface area contributed by atoms with E-state index in [1.54, 1.807) is 22.8 Å². The number of hydrogen-bond acceptors (Lipinski definition) is 3. The Morgan fingerprint density at radius 2 is 1.85 bits per heavy atom. The molecule has 2 aromatic carbocycles. The van der Waals surface area contributed by atoms with Crippen LogP contribution >= 0.6 is 0 Å². The molecule has 0 aliphatic rings. The van der Waals surface area contributed by atoms with Crippen LogP contribution in [-0.4, -0.2) is 15.8 Å². The fraction of sp³-hybridized carbons (Fsp3) is 0. The summed E-state index contributed by atoms with van der Waals surface area (Å²) < 4.78 is 1.72. The van der Waals surface area contributed by atoms with Gasteiger partial charge in [-0.1, -0.05) is 24.3 Å². The maximum Gasteiger partial charge on any atom is 0.271 e. The van der Waals surface area contributed by atoms with Gasteiger partial charge in [-0.25, -0.2) is 0 Å². The Balaban J connectivity index is 2.30. The number of carbonyl (C=O) groups is 1. The molecule has 1 aromatic heterocycles. The van der Waals surface area contributed by atoms with Gasteiger partial charge in [0, 0.05) is 17.5 Å². The highest BCUT2D eigenvalue weighted by molar-refractivity contribution is 5.90. The van der Waals surface area contributed by atoms with Crippen molar-refractivity contribution >= 4 is 22.9 Å². The monoisotopic (exact) mass is 266 g/mol. The van der Waals surface area contributed by atoms with E-state index in [1.807, 2.05) is 24.3 Å². The normalized spacial score (nSPS) is 10.6. The number of carbonyl (C=O) groups excluding carboxylic acids is 1.